The van der Waals surface area contributed by atoms with Gasteiger partial charge in [0.1, 0.15) is 23.3 Å². The maximum atomic E-state index is 13.0. The minimum Gasteiger partial charge on any atom is -0.503 e. The number of aliphatic hydroxyl groups is 1. The van der Waals surface area contributed by atoms with E-state index in [1.54, 1.807) is 44.4 Å². The Bertz CT molecular complexity index is 1090. The molecule has 0 saturated carbocycles. The highest BCUT2D eigenvalue weighted by Crippen LogP contribution is 2.40. The van der Waals surface area contributed by atoms with Crippen molar-refractivity contribution < 1.29 is 28.3 Å². The van der Waals surface area contributed by atoms with Crippen molar-refractivity contribution in [1.29, 1.82) is 0 Å². The third kappa shape index (κ3) is 3.31. The van der Waals surface area contributed by atoms with Crippen LogP contribution >= 0.6 is 0 Å². The number of hydrogen-bond acceptors (Lipinski definition) is 6. The summed E-state index contributed by atoms with van der Waals surface area (Å²) in [5.74, 6) is -0.120. The molecule has 0 saturated heterocycles. The Hall–Kier alpha value is -3.74. The predicted octanol–water partition coefficient (Wildman–Crippen LogP) is 3.97. The summed E-state index contributed by atoms with van der Waals surface area (Å²) in [6.07, 6.45) is 1.36. The van der Waals surface area contributed by atoms with Gasteiger partial charge in [-0.15, -0.1) is 0 Å². The van der Waals surface area contributed by atoms with Crippen LogP contribution in [0.5, 0.6) is 5.75 Å². The first-order valence-electron chi connectivity index (χ1n) is 9.01. The van der Waals surface area contributed by atoms with Gasteiger partial charge in [-0.05, 0) is 48.9 Å². The zero-order valence-corrected chi connectivity index (χ0v) is 15.9. The second kappa shape index (κ2) is 7.35. The monoisotopic (exact) mass is 393 g/mol. The van der Waals surface area contributed by atoms with Crippen LogP contribution in [0.25, 0.3) is 0 Å². The Morgan fingerprint density at radius 3 is 2.69 bits per heavy atom. The first-order chi connectivity index (χ1) is 14.0. The van der Waals surface area contributed by atoms with E-state index < -0.39 is 23.5 Å². The van der Waals surface area contributed by atoms with E-state index in [0.717, 1.165) is 5.56 Å². The van der Waals surface area contributed by atoms with Gasteiger partial charge < -0.3 is 23.6 Å². The zero-order valence-electron chi connectivity index (χ0n) is 15.9. The first kappa shape index (κ1) is 18.6. The van der Waals surface area contributed by atoms with Crippen molar-refractivity contribution in [3.63, 3.8) is 0 Å². The van der Waals surface area contributed by atoms with Crippen molar-refractivity contribution in [2.45, 2.75) is 19.5 Å². The van der Waals surface area contributed by atoms with E-state index >= 15 is 0 Å². The van der Waals surface area contributed by atoms with Gasteiger partial charge in [-0.25, -0.2) is 0 Å². The van der Waals surface area contributed by atoms with E-state index in [0.29, 0.717) is 17.3 Å². The van der Waals surface area contributed by atoms with Crippen LogP contribution in [0.3, 0.4) is 0 Å². The first-order valence-corrected chi connectivity index (χ1v) is 9.01. The Morgan fingerprint density at radius 1 is 1.21 bits per heavy atom. The van der Waals surface area contributed by atoms with Crippen LogP contribution in [0.4, 0.5) is 0 Å². The molecule has 1 unspecified atom stereocenters. The topological polar surface area (TPSA) is 93.1 Å². The normalized spacial score (nSPS) is 16.6. The average molecular weight is 393 g/mol. The number of carbonyl (C=O) groups excluding carboxylic acids is 2. The third-order valence-electron chi connectivity index (χ3n) is 4.81. The van der Waals surface area contributed by atoms with Gasteiger partial charge in [-0.1, -0.05) is 12.1 Å². The molecule has 0 fully saturated rings. The molecule has 1 amide bonds. The number of Topliss-reactive ketones (excluding diaryl/α,β-unsaturated/α-hetero) is 1. The molecule has 3 heterocycles. The number of amides is 1. The molecular formula is C22H19NO6. The molecule has 7 nitrogen and oxygen atoms in total. The highest BCUT2D eigenvalue weighted by Gasteiger charge is 2.45. The second-order valence-corrected chi connectivity index (χ2v) is 6.70. The summed E-state index contributed by atoms with van der Waals surface area (Å²) in [5, 5.41) is 10.6. The van der Waals surface area contributed by atoms with Crippen molar-refractivity contribution >= 4 is 11.7 Å². The quantitative estimate of drug-likeness (QED) is 0.637. The third-order valence-corrected chi connectivity index (χ3v) is 4.81. The Balaban J connectivity index is 1.76. The Kier molecular flexibility index (Phi) is 4.72. The SMILES string of the molecule is COc1cccc(CN2C(=O)C(O)=C(C(=O)c3ccco3)C2c2ccc(C)o2)c1. The van der Waals surface area contributed by atoms with Crippen LogP contribution in [0.15, 0.2) is 75.0 Å². The lowest BCUT2D eigenvalue weighted by molar-refractivity contribution is -0.130. The lowest BCUT2D eigenvalue weighted by Gasteiger charge is -2.25. The number of ketones is 1. The zero-order chi connectivity index (χ0) is 20.5. The summed E-state index contributed by atoms with van der Waals surface area (Å²) >= 11 is 0. The number of hydrogen-bond donors (Lipinski definition) is 1. The van der Waals surface area contributed by atoms with E-state index in [4.69, 9.17) is 13.6 Å². The number of aryl methyl sites for hydroxylation is 1. The van der Waals surface area contributed by atoms with Gasteiger partial charge in [0.2, 0.25) is 5.78 Å². The number of ether oxygens (including phenoxy) is 1. The molecule has 0 radical (unpaired) electrons. The highest BCUT2D eigenvalue weighted by molar-refractivity contribution is 6.14. The van der Waals surface area contributed by atoms with Crippen molar-refractivity contribution in [2.75, 3.05) is 7.11 Å². The predicted molar refractivity (Wildman–Crippen MR) is 102 cm³/mol. The molecule has 1 atom stereocenters. The molecule has 29 heavy (non-hydrogen) atoms. The van der Waals surface area contributed by atoms with E-state index in [2.05, 4.69) is 0 Å². The highest BCUT2D eigenvalue weighted by atomic mass is 16.5. The number of furan rings is 2. The minimum atomic E-state index is -0.875. The van der Waals surface area contributed by atoms with Gasteiger partial charge >= 0.3 is 0 Å². The number of benzene rings is 1. The maximum Gasteiger partial charge on any atom is 0.290 e. The van der Waals surface area contributed by atoms with Crippen molar-refractivity contribution in [3.05, 3.63) is 89.0 Å². The van der Waals surface area contributed by atoms with Gasteiger partial charge in [-0.2, -0.15) is 0 Å². The van der Waals surface area contributed by atoms with E-state index in [-0.39, 0.29) is 17.9 Å². The lowest BCUT2D eigenvalue weighted by atomic mass is 9.99. The van der Waals surface area contributed by atoms with Crippen LogP contribution in [-0.4, -0.2) is 28.8 Å². The summed E-state index contributed by atoms with van der Waals surface area (Å²) in [6, 6.07) is 12.9. The van der Waals surface area contributed by atoms with Crippen LogP contribution in [0, 0.1) is 6.92 Å². The molecule has 2 aromatic heterocycles. The fraction of sp³-hybridized carbons (Fsp3) is 0.182. The fourth-order valence-electron chi connectivity index (χ4n) is 3.45. The van der Waals surface area contributed by atoms with Gasteiger partial charge in [-0.3, -0.25) is 9.59 Å². The van der Waals surface area contributed by atoms with Crippen molar-refractivity contribution in [1.82, 2.24) is 4.90 Å². The van der Waals surface area contributed by atoms with E-state index in [1.165, 1.54) is 17.2 Å². The maximum absolute atomic E-state index is 13.0. The average Bonchev–Trinajstić information content (AvgIpc) is 3.45. The molecule has 1 aliphatic rings. The Morgan fingerprint density at radius 2 is 2.03 bits per heavy atom. The Labute approximate surface area is 166 Å². The molecule has 1 N–H and O–H groups in total. The summed E-state index contributed by atoms with van der Waals surface area (Å²) in [6.45, 7) is 1.92. The van der Waals surface area contributed by atoms with Gasteiger partial charge in [0.05, 0.1) is 18.9 Å². The molecular weight excluding hydrogens is 374 g/mol. The smallest absolute Gasteiger partial charge is 0.290 e. The van der Waals surface area contributed by atoms with Gasteiger partial charge in [0, 0.05) is 6.54 Å². The van der Waals surface area contributed by atoms with Gasteiger partial charge in [0.25, 0.3) is 5.91 Å². The lowest BCUT2D eigenvalue weighted by Crippen LogP contribution is -2.30. The fourth-order valence-corrected chi connectivity index (χ4v) is 3.45. The molecule has 0 aliphatic carbocycles. The standard InChI is InChI=1S/C22H19NO6/c1-13-8-9-16(29-13)19-18(20(24)17-7-4-10-28-17)21(25)22(26)23(19)12-14-5-3-6-15(11-14)27-2/h3-11,19,25H,12H2,1-2H3. The summed E-state index contributed by atoms with van der Waals surface area (Å²) in [5.41, 5.74) is 0.715. The van der Waals surface area contributed by atoms with Crippen LogP contribution in [0.2, 0.25) is 0 Å². The molecule has 7 heteroatoms. The van der Waals surface area contributed by atoms with Crippen LogP contribution in [-0.2, 0) is 11.3 Å². The van der Waals surface area contributed by atoms with E-state index in [9.17, 15) is 14.7 Å². The summed E-state index contributed by atoms with van der Waals surface area (Å²) in [4.78, 5) is 27.3. The van der Waals surface area contributed by atoms with Crippen LogP contribution in [0.1, 0.15) is 33.7 Å². The van der Waals surface area contributed by atoms with Crippen molar-refractivity contribution in [2.24, 2.45) is 0 Å². The van der Waals surface area contributed by atoms with Crippen LogP contribution < -0.4 is 4.74 Å². The molecule has 0 spiro atoms. The number of methoxy groups -OCH3 is 1. The summed E-state index contributed by atoms with van der Waals surface area (Å²) in [7, 11) is 1.56. The number of rotatable bonds is 6. The molecule has 4 rings (SSSR count). The largest absolute Gasteiger partial charge is 0.503 e. The molecule has 148 valence electrons. The number of aliphatic hydroxyl groups excluding tert-OH is 1. The second-order valence-electron chi connectivity index (χ2n) is 6.70. The molecule has 3 aromatic rings. The molecule has 0 bridgehead atoms. The van der Waals surface area contributed by atoms with E-state index in [1.807, 2.05) is 12.1 Å². The molecule has 1 aromatic carbocycles. The summed E-state index contributed by atoms with van der Waals surface area (Å²) < 4.78 is 16.2. The number of carbonyl (C=O) groups is 2. The molecule has 1 aliphatic heterocycles. The van der Waals surface area contributed by atoms with Gasteiger partial charge in [0.15, 0.2) is 11.5 Å². The van der Waals surface area contributed by atoms with Crippen molar-refractivity contribution in [3.8, 4) is 5.75 Å². The number of nitrogens with zero attached hydrogens (tertiary/aromatic N) is 1. The minimum absolute atomic E-state index is 0.0378.